The highest BCUT2D eigenvalue weighted by molar-refractivity contribution is 6.31. The van der Waals surface area contributed by atoms with Crippen molar-refractivity contribution in [3.8, 4) is 5.75 Å². The molecule has 2 rings (SSSR count). The van der Waals surface area contributed by atoms with E-state index in [1.54, 1.807) is 30.3 Å². The van der Waals surface area contributed by atoms with Gasteiger partial charge in [-0.2, -0.15) is 0 Å². The molecule has 2 N–H and O–H groups in total. The Kier molecular flexibility index (Phi) is 6.90. The van der Waals surface area contributed by atoms with E-state index in [9.17, 15) is 9.59 Å². The van der Waals surface area contributed by atoms with E-state index in [1.165, 1.54) is 0 Å². The Morgan fingerprint density at radius 3 is 2.33 bits per heavy atom. The molecule has 2 amide bonds. The fourth-order valence-electron chi connectivity index (χ4n) is 1.81. The average molecular weight is 367 g/mol. The topological polar surface area (TPSA) is 67.4 Å². The van der Waals surface area contributed by atoms with Gasteiger partial charge < -0.3 is 15.4 Å². The van der Waals surface area contributed by atoms with Crippen molar-refractivity contribution in [1.82, 2.24) is 10.6 Å². The van der Waals surface area contributed by atoms with Crippen LogP contribution in [0.4, 0.5) is 0 Å². The van der Waals surface area contributed by atoms with Crippen molar-refractivity contribution in [2.45, 2.75) is 6.54 Å². The molecule has 0 radical (unpaired) electrons. The molecule has 0 unspecified atom stereocenters. The molecule has 0 aliphatic rings. The summed E-state index contributed by atoms with van der Waals surface area (Å²) in [5.74, 6) is -0.176. The third-order valence-electron chi connectivity index (χ3n) is 3.06. The first-order valence-corrected chi connectivity index (χ1v) is 7.95. The highest BCUT2D eigenvalue weighted by Gasteiger charge is 2.07. The number of carbonyl (C=O) groups is 2. The first-order valence-electron chi connectivity index (χ1n) is 7.20. The molecule has 2 aromatic carbocycles. The molecule has 0 bridgehead atoms. The normalized spacial score (nSPS) is 10.1. The van der Waals surface area contributed by atoms with Crippen molar-refractivity contribution < 1.29 is 14.3 Å². The second-order valence-electron chi connectivity index (χ2n) is 4.89. The van der Waals surface area contributed by atoms with Gasteiger partial charge >= 0.3 is 0 Å². The fourth-order valence-corrected chi connectivity index (χ4v) is 2.14. The number of rotatable bonds is 7. The van der Waals surface area contributed by atoms with Gasteiger partial charge in [0.2, 0.25) is 5.91 Å². The van der Waals surface area contributed by atoms with Gasteiger partial charge in [-0.05, 0) is 35.9 Å². The minimum Gasteiger partial charge on any atom is -0.484 e. The second-order valence-corrected chi connectivity index (χ2v) is 5.73. The molecule has 0 saturated heterocycles. The summed E-state index contributed by atoms with van der Waals surface area (Å²) in [7, 11) is 0. The molecular weight excluding hydrogens is 351 g/mol. The molecular formula is C17H16Cl2N2O3. The molecule has 0 fully saturated rings. The summed E-state index contributed by atoms with van der Waals surface area (Å²) in [5.41, 5.74) is 0.810. The van der Waals surface area contributed by atoms with Crippen LogP contribution in [0.1, 0.15) is 5.56 Å². The zero-order chi connectivity index (χ0) is 17.4. The monoisotopic (exact) mass is 366 g/mol. The second kappa shape index (κ2) is 9.15. The zero-order valence-electron chi connectivity index (χ0n) is 12.7. The average Bonchev–Trinajstić information content (AvgIpc) is 2.58. The van der Waals surface area contributed by atoms with Crippen LogP contribution < -0.4 is 15.4 Å². The zero-order valence-corrected chi connectivity index (χ0v) is 14.2. The summed E-state index contributed by atoms with van der Waals surface area (Å²) in [4.78, 5) is 23.4. The fraction of sp³-hybridized carbons (Fsp3) is 0.176. The molecule has 7 heteroatoms. The predicted octanol–water partition coefficient (Wildman–Crippen LogP) is 2.80. The van der Waals surface area contributed by atoms with E-state index in [-0.39, 0.29) is 19.1 Å². The Labute approximate surface area is 149 Å². The van der Waals surface area contributed by atoms with Crippen molar-refractivity contribution in [3.05, 3.63) is 64.1 Å². The van der Waals surface area contributed by atoms with Gasteiger partial charge in [-0.15, -0.1) is 0 Å². The number of amides is 2. The lowest BCUT2D eigenvalue weighted by Gasteiger charge is -2.09. The number of ether oxygens (including phenoxy) is 1. The largest absolute Gasteiger partial charge is 0.484 e. The van der Waals surface area contributed by atoms with Crippen LogP contribution in [0.15, 0.2) is 48.5 Å². The Bertz CT molecular complexity index is 705. The van der Waals surface area contributed by atoms with Crippen LogP contribution in [0.5, 0.6) is 5.75 Å². The summed E-state index contributed by atoms with van der Waals surface area (Å²) in [6, 6.07) is 13.9. The number of nitrogens with one attached hydrogen (secondary N) is 2. The minimum absolute atomic E-state index is 0.132. The van der Waals surface area contributed by atoms with Gasteiger partial charge in [0.25, 0.3) is 5.91 Å². The van der Waals surface area contributed by atoms with E-state index >= 15 is 0 Å². The highest BCUT2D eigenvalue weighted by Crippen LogP contribution is 2.15. The third kappa shape index (κ3) is 6.10. The SMILES string of the molecule is O=C(CNC(=O)COc1ccc(Cl)cc1)NCc1ccccc1Cl. The van der Waals surface area contributed by atoms with Crippen LogP contribution in [0, 0.1) is 0 Å². The highest BCUT2D eigenvalue weighted by atomic mass is 35.5. The molecule has 0 aliphatic carbocycles. The number of hydrogen-bond donors (Lipinski definition) is 2. The lowest BCUT2D eigenvalue weighted by Crippen LogP contribution is -2.38. The Morgan fingerprint density at radius 2 is 1.62 bits per heavy atom. The van der Waals surface area contributed by atoms with Gasteiger partial charge in [0, 0.05) is 16.6 Å². The minimum atomic E-state index is -0.391. The summed E-state index contributed by atoms with van der Waals surface area (Å²) >= 11 is 11.8. The first kappa shape index (κ1) is 18.1. The summed E-state index contributed by atoms with van der Waals surface area (Å²) in [6.07, 6.45) is 0. The van der Waals surface area contributed by atoms with E-state index in [0.717, 1.165) is 5.56 Å². The van der Waals surface area contributed by atoms with Gasteiger partial charge in [-0.25, -0.2) is 0 Å². The lowest BCUT2D eigenvalue weighted by atomic mass is 10.2. The summed E-state index contributed by atoms with van der Waals surface area (Å²) < 4.78 is 5.28. The maximum absolute atomic E-state index is 11.7. The van der Waals surface area contributed by atoms with Crippen molar-refractivity contribution in [2.24, 2.45) is 0 Å². The molecule has 0 aliphatic heterocycles. The smallest absolute Gasteiger partial charge is 0.258 e. The third-order valence-corrected chi connectivity index (χ3v) is 3.68. The van der Waals surface area contributed by atoms with Gasteiger partial charge in [0.15, 0.2) is 6.61 Å². The van der Waals surface area contributed by atoms with Crippen molar-refractivity contribution in [2.75, 3.05) is 13.2 Å². The quantitative estimate of drug-likeness (QED) is 0.791. The van der Waals surface area contributed by atoms with E-state index in [1.807, 2.05) is 18.2 Å². The standard InChI is InChI=1S/C17H16Cl2N2O3/c18-13-5-7-14(8-6-13)24-11-17(23)21-10-16(22)20-9-12-3-1-2-4-15(12)19/h1-8H,9-11H2,(H,20,22)(H,21,23). The summed E-state index contributed by atoms with van der Waals surface area (Å²) in [5, 5.41) is 6.33. The van der Waals surface area contributed by atoms with Crippen LogP contribution in [0.25, 0.3) is 0 Å². The maximum atomic E-state index is 11.7. The molecule has 126 valence electrons. The first-order chi connectivity index (χ1) is 11.5. The molecule has 0 saturated carbocycles. The van der Waals surface area contributed by atoms with E-state index in [2.05, 4.69) is 10.6 Å². The van der Waals surface area contributed by atoms with Crippen LogP contribution in [-0.4, -0.2) is 25.0 Å². The van der Waals surface area contributed by atoms with Crippen molar-refractivity contribution in [3.63, 3.8) is 0 Å². The van der Waals surface area contributed by atoms with Gasteiger partial charge in [-0.3, -0.25) is 9.59 Å². The van der Waals surface area contributed by atoms with Crippen molar-refractivity contribution >= 4 is 35.0 Å². The van der Waals surface area contributed by atoms with E-state index in [4.69, 9.17) is 27.9 Å². The van der Waals surface area contributed by atoms with E-state index < -0.39 is 5.91 Å². The van der Waals surface area contributed by atoms with Crippen LogP contribution >= 0.6 is 23.2 Å². The molecule has 24 heavy (non-hydrogen) atoms. The number of benzene rings is 2. The predicted molar refractivity (Wildman–Crippen MR) is 93.3 cm³/mol. The Balaban J connectivity index is 1.66. The van der Waals surface area contributed by atoms with Crippen LogP contribution in [0.2, 0.25) is 10.0 Å². The molecule has 0 atom stereocenters. The maximum Gasteiger partial charge on any atom is 0.258 e. The molecule has 0 aromatic heterocycles. The summed E-state index contributed by atoms with van der Waals surface area (Å²) in [6.45, 7) is -0.0116. The Morgan fingerprint density at radius 1 is 0.917 bits per heavy atom. The number of halogens is 2. The molecule has 5 nitrogen and oxygen atoms in total. The van der Waals surface area contributed by atoms with Gasteiger partial charge in [0.1, 0.15) is 5.75 Å². The molecule has 0 spiro atoms. The van der Waals surface area contributed by atoms with E-state index in [0.29, 0.717) is 22.3 Å². The van der Waals surface area contributed by atoms with Crippen molar-refractivity contribution in [1.29, 1.82) is 0 Å². The van der Waals surface area contributed by atoms with Crippen LogP contribution in [-0.2, 0) is 16.1 Å². The Hall–Kier alpha value is -2.24. The molecule has 0 heterocycles. The number of hydrogen-bond acceptors (Lipinski definition) is 3. The lowest BCUT2D eigenvalue weighted by molar-refractivity contribution is -0.127. The van der Waals surface area contributed by atoms with Gasteiger partial charge in [-0.1, -0.05) is 41.4 Å². The molecule has 2 aromatic rings. The van der Waals surface area contributed by atoms with Gasteiger partial charge in [0.05, 0.1) is 6.54 Å². The number of carbonyl (C=O) groups excluding carboxylic acids is 2. The van der Waals surface area contributed by atoms with Crippen LogP contribution in [0.3, 0.4) is 0 Å².